The molecule has 2 amide bonds. The second kappa shape index (κ2) is 7.93. The molecule has 26 heavy (non-hydrogen) atoms. The molecule has 1 aliphatic heterocycles. The van der Waals surface area contributed by atoms with Gasteiger partial charge >= 0.3 is 6.03 Å². The van der Waals surface area contributed by atoms with Crippen LogP contribution in [0.4, 0.5) is 9.18 Å². The summed E-state index contributed by atoms with van der Waals surface area (Å²) in [6.45, 7) is 3.74. The fraction of sp³-hybridized carbons (Fsp3) is 0.0556. The molecule has 130 valence electrons. The molecular formula is C18H14FN5O2. The average molecular weight is 351 g/mol. The van der Waals surface area contributed by atoms with Gasteiger partial charge in [-0.3, -0.25) is 5.32 Å². The van der Waals surface area contributed by atoms with E-state index in [0.717, 1.165) is 5.56 Å². The Morgan fingerprint density at radius 3 is 2.69 bits per heavy atom. The van der Waals surface area contributed by atoms with E-state index in [9.17, 15) is 9.18 Å². The van der Waals surface area contributed by atoms with E-state index in [1.165, 1.54) is 12.3 Å². The highest BCUT2D eigenvalue weighted by molar-refractivity contribution is 6.08. The third-order valence-electron chi connectivity index (χ3n) is 3.36. The minimum Gasteiger partial charge on any atom is -0.489 e. The number of hydrogen-bond donors (Lipinski definition) is 1. The molecule has 0 bridgehead atoms. The molecule has 3 rings (SSSR count). The number of amides is 2. The molecule has 1 N–H and O–H groups in total. The van der Waals surface area contributed by atoms with Crippen LogP contribution in [0.15, 0.2) is 81.2 Å². The van der Waals surface area contributed by atoms with Gasteiger partial charge in [-0.05, 0) is 35.9 Å². The Morgan fingerprint density at radius 2 is 1.92 bits per heavy atom. The van der Waals surface area contributed by atoms with E-state index >= 15 is 0 Å². The summed E-state index contributed by atoms with van der Waals surface area (Å²) in [7, 11) is 0. The molecule has 2 aromatic rings. The van der Waals surface area contributed by atoms with Gasteiger partial charge in [-0.25, -0.2) is 9.18 Å². The normalized spacial score (nSPS) is 15.5. The van der Waals surface area contributed by atoms with Gasteiger partial charge in [0.05, 0.1) is 6.21 Å². The summed E-state index contributed by atoms with van der Waals surface area (Å²) in [6.07, 6.45) is 1.50. The van der Waals surface area contributed by atoms with Crippen LogP contribution in [0.25, 0.3) is 0 Å². The Balaban J connectivity index is 1.59. The number of rotatable bonds is 5. The lowest BCUT2D eigenvalue weighted by molar-refractivity contribution is 0.251. The lowest BCUT2D eigenvalue weighted by atomic mass is 10.2. The Kier molecular flexibility index (Phi) is 5.23. The minimum atomic E-state index is -0.622. The molecule has 0 saturated heterocycles. The molecule has 0 aliphatic carbocycles. The van der Waals surface area contributed by atoms with Crippen LogP contribution in [0.3, 0.4) is 0 Å². The molecule has 0 fully saturated rings. The summed E-state index contributed by atoms with van der Waals surface area (Å²) in [5, 5.41) is 17.0. The molecule has 8 heteroatoms. The summed E-state index contributed by atoms with van der Waals surface area (Å²) in [5.74, 6) is 0.447. The second-order valence-electron chi connectivity index (χ2n) is 5.22. The van der Waals surface area contributed by atoms with Crippen LogP contribution in [0.5, 0.6) is 5.75 Å². The van der Waals surface area contributed by atoms with Gasteiger partial charge in [0.2, 0.25) is 0 Å². The summed E-state index contributed by atoms with van der Waals surface area (Å²) in [5.41, 5.74) is 1.47. The Hall–Kier alpha value is -3.68. The molecule has 0 unspecified atom stereocenters. The molecular weight excluding hydrogens is 337 g/mol. The fourth-order valence-electron chi connectivity index (χ4n) is 2.01. The maximum Gasteiger partial charge on any atom is 0.365 e. The predicted octanol–water partition coefficient (Wildman–Crippen LogP) is 3.83. The van der Waals surface area contributed by atoms with Gasteiger partial charge in [0.15, 0.2) is 5.84 Å². The van der Waals surface area contributed by atoms with Crippen molar-refractivity contribution >= 4 is 18.1 Å². The van der Waals surface area contributed by atoms with Crippen LogP contribution in [0.2, 0.25) is 0 Å². The van der Waals surface area contributed by atoms with E-state index in [0.29, 0.717) is 11.3 Å². The van der Waals surface area contributed by atoms with E-state index in [-0.39, 0.29) is 24.0 Å². The average Bonchev–Trinajstić information content (AvgIpc) is 2.65. The van der Waals surface area contributed by atoms with Crippen molar-refractivity contribution in [1.82, 2.24) is 5.32 Å². The van der Waals surface area contributed by atoms with E-state index in [1.54, 1.807) is 42.5 Å². The van der Waals surface area contributed by atoms with Crippen molar-refractivity contribution < 1.29 is 13.9 Å². The van der Waals surface area contributed by atoms with Gasteiger partial charge < -0.3 is 4.74 Å². The Bertz CT molecular complexity index is 919. The zero-order chi connectivity index (χ0) is 18.4. The molecule has 1 heterocycles. The standard InChI is InChI=1S/C18H14FN5O2/c1-12-17(21-18(25)24-22-12)23-20-10-13-6-8-15(9-7-13)26-11-14-4-2-3-5-16(14)19/h2-10H,1,11H2,(H,21,23,25)/b20-10+. The monoisotopic (exact) mass is 351 g/mol. The highest BCUT2D eigenvalue weighted by Crippen LogP contribution is 2.15. The van der Waals surface area contributed by atoms with Gasteiger partial charge in [0.1, 0.15) is 23.9 Å². The zero-order valence-corrected chi connectivity index (χ0v) is 13.6. The van der Waals surface area contributed by atoms with Gasteiger partial charge in [0, 0.05) is 5.56 Å². The highest BCUT2D eigenvalue weighted by Gasteiger charge is 2.13. The first-order valence-corrected chi connectivity index (χ1v) is 7.61. The van der Waals surface area contributed by atoms with E-state index in [4.69, 9.17) is 4.74 Å². The number of urea groups is 1. The van der Waals surface area contributed by atoms with Crippen LogP contribution in [-0.2, 0) is 6.61 Å². The molecule has 7 nitrogen and oxygen atoms in total. The number of carbonyl (C=O) groups is 1. The van der Waals surface area contributed by atoms with E-state index in [2.05, 4.69) is 32.3 Å². The molecule has 2 aromatic carbocycles. The van der Waals surface area contributed by atoms with Crippen molar-refractivity contribution in [2.75, 3.05) is 0 Å². The largest absolute Gasteiger partial charge is 0.489 e. The van der Waals surface area contributed by atoms with Crippen molar-refractivity contribution in [1.29, 1.82) is 0 Å². The quantitative estimate of drug-likeness (QED) is 0.655. The molecule has 1 aliphatic rings. The van der Waals surface area contributed by atoms with Gasteiger partial charge in [0.25, 0.3) is 0 Å². The number of carbonyl (C=O) groups excluding carboxylic acids is 1. The lowest BCUT2D eigenvalue weighted by Gasteiger charge is -2.07. The maximum atomic E-state index is 13.5. The molecule has 0 saturated carbocycles. The minimum absolute atomic E-state index is 0.143. The Labute approximate surface area is 148 Å². The first-order valence-electron chi connectivity index (χ1n) is 7.61. The molecule has 0 radical (unpaired) electrons. The molecule has 0 atom stereocenters. The zero-order valence-electron chi connectivity index (χ0n) is 13.6. The smallest absolute Gasteiger partial charge is 0.365 e. The second-order valence-corrected chi connectivity index (χ2v) is 5.22. The molecule has 0 spiro atoms. The summed E-state index contributed by atoms with van der Waals surface area (Å²) in [4.78, 5) is 11.1. The number of nitrogens with one attached hydrogen (secondary N) is 1. The highest BCUT2D eigenvalue weighted by atomic mass is 19.1. The summed E-state index contributed by atoms with van der Waals surface area (Å²) >= 11 is 0. The van der Waals surface area contributed by atoms with Crippen LogP contribution < -0.4 is 10.1 Å². The number of benzene rings is 2. The van der Waals surface area contributed by atoms with Crippen molar-refractivity contribution in [3.05, 3.63) is 77.8 Å². The lowest BCUT2D eigenvalue weighted by Crippen LogP contribution is -2.31. The van der Waals surface area contributed by atoms with Crippen LogP contribution in [0, 0.1) is 5.82 Å². The number of azo groups is 1. The Morgan fingerprint density at radius 1 is 1.15 bits per heavy atom. The van der Waals surface area contributed by atoms with Crippen molar-refractivity contribution in [3.63, 3.8) is 0 Å². The number of halogens is 1. The van der Waals surface area contributed by atoms with E-state index < -0.39 is 6.03 Å². The van der Waals surface area contributed by atoms with Gasteiger partial charge in [-0.1, -0.05) is 29.9 Å². The van der Waals surface area contributed by atoms with E-state index in [1.807, 2.05) is 0 Å². The summed E-state index contributed by atoms with van der Waals surface area (Å²) in [6, 6.07) is 12.9. The number of amidine groups is 1. The summed E-state index contributed by atoms with van der Waals surface area (Å²) < 4.78 is 19.1. The number of nitrogens with zero attached hydrogens (tertiary/aromatic N) is 4. The van der Waals surface area contributed by atoms with Crippen molar-refractivity contribution in [2.24, 2.45) is 20.4 Å². The van der Waals surface area contributed by atoms with Crippen molar-refractivity contribution in [3.8, 4) is 5.75 Å². The van der Waals surface area contributed by atoms with Gasteiger partial charge in [-0.15, -0.1) is 10.2 Å². The molecule has 0 aromatic heterocycles. The predicted molar refractivity (Wildman–Crippen MR) is 94.7 cm³/mol. The van der Waals surface area contributed by atoms with Crippen LogP contribution in [0.1, 0.15) is 11.1 Å². The van der Waals surface area contributed by atoms with Crippen LogP contribution >= 0.6 is 0 Å². The first-order chi connectivity index (χ1) is 12.6. The fourth-order valence-corrected chi connectivity index (χ4v) is 2.01. The SMILES string of the molecule is C=C1N=NC(=O)N/C1=N/N=C/c1ccc(OCc2ccccc2F)cc1. The maximum absolute atomic E-state index is 13.5. The topological polar surface area (TPSA) is 87.8 Å². The number of hydrogen-bond acceptors (Lipinski definition) is 5. The first kappa shape index (κ1) is 17.2. The third-order valence-corrected chi connectivity index (χ3v) is 3.36. The number of ether oxygens (including phenoxy) is 1. The van der Waals surface area contributed by atoms with Crippen molar-refractivity contribution in [2.45, 2.75) is 6.61 Å². The third kappa shape index (κ3) is 4.44. The van der Waals surface area contributed by atoms with Gasteiger partial charge in [-0.2, -0.15) is 5.10 Å². The van der Waals surface area contributed by atoms with Crippen LogP contribution in [-0.4, -0.2) is 18.1 Å².